The topological polar surface area (TPSA) is 56.8 Å². The summed E-state index contributed by atoms with van der Waals surface area (Å²) in [6, 6.07) is 24.3. The fraction of sp³-hybridized carbons (Fsp3) is 0.136. The summed E-state index contributed by atoms with van der Waals surface area (Å²) in [7, 11) is 1.60. The standard InChI is InChI=1S/C22H21NO4/c1-25-19-12-10-18(11-13-19)23-22(24)16-27-21-9-5-8-20(14-21)26-15-17-6-3-2-4-7-17/h2-14H,15-16H2,1H3,(H,23,24). The van der Waals surface area contributed by atoms with E-state index in [1.165, 1.54) is 0 Å². The molecule has 1 amide bonds. The molecule has 0 aliphatic carbocycles. The molecule has 0 saturated heterocycles. The van der Waals surface area contributed by atoms with E-state index in [9.17, 15) is 4.79 Å². The maximum absolute atomic E-state index is 12.0. The molecule has 0 unspecified atom stereocenters. The predicted octanol–water partition coefficient (Wildman–Crippen LogP) is 4.29. The molecule has 0 fully saturated rings. The number of anilines is 1. The summed E-state index contributed by atoms with van der Waals surface area (Å²) in [4.78, 5) is 12.0. The molecule has 5 heteroatoms. The first-order chi connectivity index (χ1) is 13.2. The molecule has 0 saturated carbocycles. The van der Waals surface area contributed by atoms with E-state index in [2.05, 4.69) is 5.32 Å². The normalized spacial score (nSPS) is 10.1. The molecule has 3 aromatic carbocycles. The molecule has 5 nitrogen and oxygen atoms in total. The smallest absolute Gasteiger partial charge is 0.262 e. The van der Waals surface area contributed by atoms with Crippen LogP contribution < -0.4 is 19.5 Å². The van der Waals surface area contributed by atoms with Crippen LogP contribution in [0.2, 0.25) is 0 Å². The molecule has 0 radical (unpaired) electrons. The summed E-state index contributed by atoms with van der Waals surface area (Å²) < 4.78 is 16.4. The Labute approximate surface area is 158 Å². The van der Waals surface area contributed by atoms with Crippen molar-refractivity contribution in [3.05, 3.63) is 84.4 Å². The lowest BCUT2D eigenvalue weighted by atomic mass is 10.2. The van der Waals surface area contributed by atoms with Gasteiger partial charge in [-0.2, -0.15) is 0 Å². The van der Waals surface area contributed by atoms with Crippen molar-refractivity contribution < 1.29 is 19.0 Å². The second kappa shape index (κ2) is 9.29. The van der Waals surface area contributed by atoms with E-state index in [0.29, 0.717) is 23.8 Å². The Morgan fingerprint density at radius 3 is 2.22 bits per heavy atom. The highest BCUT2D eigenvalue weighted by Gasteiger charge is 2.05. The predicted molar refractivity (Wildman–Crippen MR) is 104 cm³/mol. The van der Waals surface area contributed by atoms with Crippen molar-refractivity contribution in [1.82, 2.24) is 0 Å². The lowest BCUT2D eigenvalue weighted by Crippen LogP contribution is -2.20. The summed E-state index contributed by atoms with van der Waals surface area (Å²) in [5, 5.41) is 2.77. The summed E-state index contributed by atoms with van der Waals surface area (Å²) in [5.41, 5.74) is 1.77. The summed E-state index contributed by atoms with van der Waals surface area (Å²) in [6.45, 7) is 0.385. The molecular weight excluding hydrogens is 342 g/mol. The number of methoxy groups -OCH3 is 1. The summed E-state index contributed by atoms with van der Waals surface area (Å²) >= 11 is 0. The molecule has 0 aliphatic rings. The number of carbonyl (C=O) groups is 1. The van der Waals surface area contributed by atoms with Crippen LogP contribution in [0, 0.1) is 0 Å². The van der Waals surface area contributed by atoms with Crippen LogP contribution in [0.3, 0.4) is 0 Å². The fourth-order valence-corrected chi connectivity index (χ4v) is 2.41. The SMILES string of the molecule is COc1ccc(NC(=O)COc2cccc(OCc3ccccc3)c2)cc1. The van der Waals surface area contributed by atoms with Crippen LogP contribution in [0.5, 0.6) is 17.2 Å². The molecule has 3 aromatic rings. The quantitative estimate of drug-likeness (QED) is 0.649. The Morgan fingerprint density at radius 1 is 0.815 bits per heavy atom. The Morgan fingerprint density at radius 2 is 1.52 bits per heavy atom. The zero-order chi connectivity index (χ0) is 18.9. The maximum atomic E-state index is 12.0. The Kier molecular flexibility index (Phi) is 6.30. The largest absolute Gasteiger partial charge is 0.497 e. The number of carbonyl (C=O) groups excluding carboxylic acids is 1. The zero-order valence-electron chi connectivity index (χ0n) is 15.1. The molecule has 27 heavy (non-hydrogen) atoms. The van der Waals surface area contributed by atoms with Gasteiger partial charge in [-0.3, -0.25) is 4.79 Å². The molecule has 0 heterocycles. The molecular formula is C22H21NO4. The minimum Gasteiger partial charge on any atom is -0.497 e. The van der Waals surface area contributed by atoms with Gasteiger partial charge in [-0.1, -0.05) is 36.4 Å². The number of rotatable bonds is 8. The molecule has 1 N–H and O–H groups in total. The maximum Gasteiger partial charge on any atom is 0.262 e. The van der Waals surface area contributed by atoms with Gasteiger partial charge in [0.1, 0.15) is 23.9 Å². The van der Waals surface area contributed by atoms with Gasteiger partial charge in [0.2, 0.25) is 0 Å². The van der Waals surface area contributed by atoms with Gasteiger partial charge >= 0.3 is 0 Å². The van der Waals surface area contributed by atoms with Gasteiger partial charge in [-0.15, -0.1) is 0 Å². The second-order valence-electron chi connectivity index (χ2n) is 5.81. The molecule has 0 aromatic heterocycles. The van der Waals surface area contributed by atoms with E-state index in [1.807, 2.05) is 42.5 Å². The van der Waals surface area contributed by atoms with E-state index in [4.69, 9.17) is 14.2 Å². The first-order valence-corrected chi connectivity index (χ1v) is 8.56. The average Bonchev–Trinajstić information content (AvgIpc) is 2.72. The van der Waals surface area contributed by atoms with Crippen LogP contribution in [-0.2, 0) is 11.4 Å². The Hall–Kier alpha value is -3.47. The Balaban J connectivity index is 1.49. The minimum atomic E-state index is -0.240. The molecule has 138 valence electrons. The highest BCUT2D eigenvalue weighted by molar-refractivity contribution is 5.91. The van der Waals surface area contributed by atoms with Crippen LogP contribution in [0.1, 0.15) is 5.56 Å². The highest BCUT2D eigenvalue weighted by atomic mass is 16.5. The van der Waals surface area contributed by atoms with Crippen molar-refractivity contribution in [3.8, 4) is 17.2 Å². The van der Waals surface area contributed by atoms with Crippen molar-refractivity contribution in [2.45, 2.75) is 6.61 Å². The van der Waals surface area contributed by atoms with E-state index in [0.717, 1.165) is 11.3 Å². The number of amides is 1. The van der Waals surface area contributed by atoms with Gasteiger partial charge in [0.05, 0.1) is 7.11 Å². The lowest BCUT2D eigenvalue weighted by molar-refractivity contribution is -0.118. The summed E-state index contributed by atoms with van der Waals surface area (Å²) in [6.07, 6.45) is 0. The minimum absolute atomic E-state index is 0.0891. The van der Waals surface area contributed by atoms with E-state index >= 15 is 0 Å². The van der Waals surface area contributed by atoms with Gasteiger partial charge in [0, 0.05) is 11.8 Å². The van der Waals surface area contributed by atoms with Gasteiger partial charge in [0.15, 0.2) is 6.61 Å². The first kappa shape index (κ1) is 18.3. The number of hydrogen-bond donors (Lipinski definition) is 1. The van der Waals surface area contributed by atoms with Gasteiger partial charge in [-0.05, 0) is 42.0 Å². The number of nitrogens with one attached hydrogen (secondary N) is 1. The number of hydrogen-bond acceptors (Lipinski definition) is 4. The van der Waals surface area contributed by atoms with Crippen LogP contribution >= 0.6 is 0 Å². The second-order valence-corrected chi connectivity index (χ2v) is 5.81. The molecule has 0 bridgehead atoms. The van der Waals surface area contributed by atoms with E-state index < -0.39 is 0 Å². The van der Waals surface area contributed by atoms with E-state index in [-0.39, 0.29) is 12.5 Å². The molecule has 0 spiro atoms. The van der Waals surface area contributed by atoms with Crippen molar-refractivity contribution in [3.63, 3.8) is 0 Å². The third-order valence-electron chi connectivity index (χ3n) is 3.80. The highest BCUT2D eigenvalue weighted by Crippen LogP contribution is 2.21. The van der Waals surface area contributed by atoms with Gasteiger partial charge in [-0.25, -0.2) is 0 Å². The van der Waals surface area contributed by atoms with Crippen molar-refractivity contribution in [1.29, 1.82) is 0 Å². The van der Waals surface area contributed by atoms with Crippen molar-refractivity contribution in [2.24, 2.45) is 0 Å². The molecule has 3 rings (SSSR count). The third kappa shape index (κ3) is 5.78. The van der Waals surface area contributed by atoms with Crippen molar-refractivity contribution in [2.75, 3.05) is 19.0 Å². The van der Waals surface area contributed by atoms with Crippen LogP contribution in [0.25, 0.3) is 0 Å². The summed E-state index contributed by atoms with van der Waals surface area (Å²) in [5.74, 6) is 1.75. The number of ether oxygens (including phenoxy) is 3. The monoisotopic (exact) mass is 363 g/mol. The zero-order valence-corrected chi connectivity index (χ0v) is 15.1. The Bertz CT molecular complexity index is 863. The van der Waals surface area contributed by atoms with Crippen LogP contribution in [0.4, 0.5) is 5.69 Å². The van der Waals surface area contributed by atoms with Crippen molar-refractivity contribution >= 4 is 11.6 Å². The average molecular weight is 363 g/mol. The first-order valence-electron chi connectivity index (χ1n) is 8.56. The van der Waals surface area contributed by atoms with E-state index in [1.54, 1.807) is 43.5 Å². The fourth-order valence-electron chi connectivity index (χ4n) is 2.41. The number of benzene rings is 3. The van der Waals surface area contributed by atoms with Gasteiger partial charge < -0.3 is 19.5 Å². The molecule has 0 aliphatic heterocycles. The van der Waals surface area contributed by atoms with Gasteiger partial charge in [0.25, 0.3) is 5.91 Å². The van der Waals surface area contributed by atoms with Crippen LogP contribution in [-0.4, -0.2) is 19.6 Å². The lowest BCUT2D eigenvalue weighted by Gasteiger charge is -2.10. The molecule has 0 atom stereocenters. The third-order valence-corrected chi connectivity index (χ3v) is 3.80. The van der Waals surface area contributed by atoms with Crippen LogP contribution in [0.15, 0.2) is 78.9 Å².